The zero-order valence-corrected chi connectivity index (χ0v) is 33.8. The maximum Gasteiger partial charge on any atom is 0.320 e. The van der Waals surface area contributed by atoms with Crippen molar-refractivity contribution in [3.8, 4) is 0 Å². The van der Waals surface area contributed by atoms with Crippen molar-refractivity contribution in [2.24, 2.45) is 11.7 Å². The molecule has 8 heterocycles. The van der Waals surface area contributed by atoms with Gasteiger partial charge in [0, 0.05) is 104 Å². The number of amides is 7. The molecule has 7 amide bonds. The van der Waals surface area contributed by atoms with Gasteiger partial charge in [-0.15, -0.1) is 0 Å². The maximum absolute atomic E-state index is 13.4. The molecule has 5 fully saturated rings. The lowest BCUT2D eigenvalue weighted by Crippen LogP contribution is -2.54. The molecular weight excluding hydrogens is 769 g/mol. The molecule has 9 rings (SSSR count). The highest BCUT2D eigenvalue weighted by Crippen LogP contribution is 2.33. The molecule has 6 aliphatic heterocycles. The van der Waals surface area contributed by atoms with Crippen molar-refractivity contribution in [3.63, 3.8) is 0 Å². The fourth-order valence-electron chi connectivity index (χ4n) is 9.62. The number of carbonyl (C=O) groups is 6. The molecule has 3 atom stereocenters. The van der Waals surface area contributed by atoms with E-state index in [9.17, 15) is 28.8 Å². The van der Waals surface area contributed by atoms with Crippen molar-refractivity contribution in [1.82, 2.24) is 39.9 Å². The van der Waals surface area contributed by atoms with Crippen LogP contribution < -0.4 is 25.8 Å². The van der Waals surface area contributed by atoms with Gasteiger partial charge >= 0.3 is 6.03 Å². The number of nitrogens with zero attached hydrogens (tertiary/aromatic N) is 10. The van der Waals surface area contributed by atoms with Gasteiger partial charge in [-0.3, -0.25) is 39.1 Å². The van der Waals surface area contributed by atoms with Crippen molar-refractivity contribution < 1.29 is 28.8 Å². The largest absolute Gasteiger partial charge is 0.371 e. The van der Waals surface area contributed by atoms with Crippen molar-refractivity contribution in [2.75, 3.05) is 93.7 Å². The highest BCUT2D eigenvalue weighted by molar-refractivity contribution is 6.23. The number of likely N-dealkylation sites (N-methyl/N-ethyl adjacent to an activating group) is 1. The summed E-state index contributed by atoms with van der Waals surface area (Å²) in [7, 11) is 1.83. The van der Waals surface area contributed by atoms with Crippen LogP contribution in [0.4, 0.5) is 22.1 Å². The number of nitrogens with one attached hydrogen (secondary N) is 1. The smallest absolute Gasteiger partial charge is 0.320 e. The van der Waals surface area contributed by atoms with E-state index in [2.05, 4.69) is 29.9 Å². The lowest BCUT2D eigenvalue weighted by atomic mass is 10.0. The molecule has 0 spiro atoms. The predicted molar refractivity (Wildman–Crippen MR) is 220 cm³/mol. The second kappa shape index (κ2) is 16.1. The van der Waals surface area contributed by atoms with E-state index in [0.717, 1.165) is 107 Å². The summed E-state index contributed by atoms with van der Waals surface area (Å²) >= 11 is 0. The Kier molecular flexibility index (Phi) is 10.6. The third-order valence-corrected chi connectivity index (χ3v) is 12.9. The second-order valence-corrected chi connectivity index (χ2v) is 16.8. The fourth-order valence-corrected chi connectivity index (χ4v) is 9.62. The number of benzene rings is 1. The summed E-state index contributed by atoms with van der Waals surface area (Å²) in [4.78, 5) is 104. The Bertz CT molecular complexity index is 2230. The van der Waals surface area contributed by atoms with Gasteiger partial charge in [0.25, 0.3) is 17.7 Å². The van der Waals surface area contributed by atoms with Crippen molar-refractivity contribution in [3.05, 3.63) is 70.8 Å². The van der Waals surface area contributed by atoms with E-state index in [-0.39, 0.29) is 36.2 Å². The third kappa shape index (κ3) is 7.59. The minimum Gasteiger partial charge on any atom is -0.371 e. The Balaban J connectivity index is 0.771. The molecule has 18 heteroatoms. The number of rotatable bonds is 10. The van der Waals surface area contributed by atoms with Gasteiger partial charge in [-0.1, -0.05) is 6.07 Å². The predicted octanol–water partition coefficient (Wildman–Crippen LogP) is 0.947. The highest BCUT2D eigenvalue weighted by Gasteiger charge is 2.45. The van der Waals surface area contributed by atoms with Gasteiger partial charge < -0.3 is 30.2 Å². The van der Waals surface area contributed by atoms with Crippen LogP contribution in [0.25, 0.3) is 0 Å². The molecule has 1 aromatic carbocycles. The second-order valence-electron chi connectivity index (χ2n) is 16.8. The molecular formula is C42H50N12O6. The number of piperidine rings is 2. The average Bonchev–Trinajstić information content (AvgIpc) is 3.93. The summed E-state index contributed by atoms with van der Waals surface area (Å²) in [6, 6.07) is 8.53. The molecule has 6 aliphatic rings. The van der Waals surface area contributed by atoms with Crippen molar-refractivity contribution in [1.29, 1.82) is 0 Å². The van der Waals surface area contributed by atoms with Gasteiger partial charge in [0.05, 0.1) is 29.1 Å². The van der Waals surface area contributed by atoms with Gasteiger partial charge in [-0.25, -0.2) is 19.7 Å². The topological polar surface area (TPSA) is 202 Å². The van der Waals surface area contributed by atoms with E-state index in [1.54, 1.807) is 23.2 Å². The third-order valence-electron chi connectivity index (χ3n) is 12.9. The van der Waals surface area contributed by atoms with E-state index >= 15 is 0 Å². The van der Waals surface area contributed by atoms with Crippen LogP contribution in [-0.2, 0) is 16.0 Å². The first kappa shape index (κ1) is 39.3. The van der Waals surface area contributed by atoms with E-state index in [1.165, 1.54) is 0 Å². The fraction of sp³-hybridized carbons (Fsp3) is 0.500. The zero-order valence-electron chi connectivity index (χ0n) is 33.8. The number of piperazine rings is 1. The van der Waals surface area contributed by atoms with Crippen LogP contribution in [0.3, 0.4) is 0 Å². The Morgan fingerprint density at radius 3 is 2.35 bits per heavy atom. The lowest BCUT2D eigenvalue weighted by Gasteiger charge is -2.37. The maximum atomic E-state index is 13.4. The quantitative estimate of drug-likeness (QED) is 0.274. The van der Waals surface area contributed by atoms with Gasteiger partial charge in [-0.2, -0.15) is 0 Å². The molecule has 5 saturated heterocycles. The minimum absolute atomic E-state index is 0.0615. The number of carbonyl (C=O) groups excluding carboxylic acids is 6. The molecule has 314 valence electrons. The first-order chi connectivity index (χ1) is 29.0. The number of nitrogens with two attached hydrogens (primary N) is 1. The summed E-state index contributed by atoms with van der Waals surface area (Å²) < 4.78 is 0. The Morgan fingerprint density at radius 1 is 0.800 bits per heavy atom. The first-order valence-corrected chi connectivity index (χ1v) is 21.0. The number of pyridine rings is 1. The number of urea groups is 1. The number of primary amides is 1. The average molecular weight is 819 g/mol. The van der Waals surface area contributed by atoms with Crippen LogP contribution in [0.2, 0.25) is 0 Å². The number of hydrogen-bond donors (Lipinski definition) is 2. The van der Waals surface area contributed by atoms with E-state index in [0.29, 0.717) is 36.0 Å². The van der Waals surface area contributed by atoms with Crippen molar-refractivity contribution in [2.45, 2.75) is 50.6 Å². The summed E-state index contributed by atoms with van der Waals surface area (Å²) in [5, 5.41) is 2.24. The van der Waals surface area contributed by atoms with Crippen LogP contribution >= 0.6 is 0 Å². The van der Waals surface area contributed by atoms with Crippen LogP contribution in [0.15, 0.2) is 42.7 Å². The monoisotopic (exact) mass is 818 g/mol. The van der Waals surface area contributed by atoms with Gasteiger partial charge in [-0.05, 0) is 61.4 Å². The number of hydrogen-bond acceptors (Lipinski definition) is 13. The molecule has 18 nitrogen and oxygen atoms in total. The Hall–Kier alpha value is -6.17. The SMILES string of the molecule is CN1CCN([C@@H]2CCCN(c3cnc(C(N)=O)c(Cc4ccc(N5CCN(C[C@H]6CCN(c7ccc8c(c7)C(=O)N(C7CCC(=O)NC7=O)C8=O)C6)CC5)nc4)n3)C2)C1=O. The molecule has 3 N–H and O–H groups in total. The molecule has 60 heavy (non-hydrogen) atoms. The zero-order chi connectivity index (χ0) is 41.7. The van der Waals surface area contributed by atoms with Crippen LogP contribution in [-0.4, -0.2) is 161 Å². The van der Waals surface area contributed by atoms with Gasteiger partial charge in [0.1, 0.15) is 23.4 Å². The van der Waals surface area contributed by atoms with Crippen molar-refractivity contribution >= 4 is 52.9 Å². The summed E-state index contributed by atoms with van der Waals surface area (Å²) in [5.74, 6) is -0.619. The summed E-state index contributed by atoms with van der Waals surface area (Å²) in [6.07, 6.45) is 6.88. The van der Waals surface area contributed by atoms with Crippen LogP contribution in [0.1, 0.15) is 74.6 Å². The van der Waals surface area contributed by atoms with Crippen LogP contribution in [0.5, 0.6) is 0 Å². The normalized spacial score (nSPS) is 23.9. The summed E-state index contributed by atoms with van der Waals surface area (Å²) in [5.41, 5.74) is 8.75. The van der Waals surface area contributed by atoms with Crippen LogP contribution in [0, 0.1) is 5.92 Å². The number of imide groups is 2. The van der Waals surface area contributed by atoms with E-state index < -0.39 is 35.6 Å². The highest BCUT2D eigenvalue weighted by atomic mass is 16.2. The number of aromatic nitrogens is 3. The molecule has 0 bridgehead atoms. The lowest BCUT2D eigenvalue weighted by molar-refractivity contribution is -0.136. The number of anilines is 3. The number of fused-ring (bicyclic) bond motifs is 1. The van der Waals surface area contributed by atoms with Gasteiger partial charge in [0.15, 0.2) is 0 Å². The molecule has 3 aromatic rings. The molecule has 0 aliphatic carbocycles. The molecule has 0 saturated carbocycles. The minimum atomic E-state index is -0.982. The van der Waals surface area contributed by atoms with E-state index in [1.807, 2.05) is 36.3 Å². The molecule has 1 unspecified atom stereocenters. The Morgan fingerprint density at radius 2 is 1.62 bits per heavy atom. The Labute approximate surface area is 347 Å². The standard InChI is InChI=1S/C42H50N12O6/c1-48-13-18-53(42(48)60)29-3-2-11-52(25-29)35-22-45-37(38(43)56)32(46-35)19-26-4-8-34(44-21-26)50-16-14-49(15-17-50)23-27-10-12-51(24-27)28-5-6-30-31(20-28)41(59)54(40(30)58)33-7-9-36(55)47-39(33)57/h4-6,8,20-22,27,29,33H,2-3,7,9-19,23-25H2,1H3,(H2,43,56)(H,47,55,57)/t27-,29-,33?/m1/s1. The molecule has 0 radical (unpaired) electrons. The first-order valence-electron chi connectivity index (χ1n) is 21.0. The summed E-state index contributed by atoms with van der Waals surface area (Å²) in [6.45, 7) is 8.99. The van der Waals surface area contributed by atoms with E-state index in [4.69, 9.17) is 15.7 Å². The van der Waals surface area contributed by atoms with Gasteiger partial charge in [0.2, 0.25) is 11.8 Å². The molecule has 2 aromatic heterocycles.